The highest BCUT2D eigenvalue weighted by atomic mass is 19.1. The van der Waals surface area contributed by atoms with Crippen LogP contribution in [-0.2, 0) is 0 Å². The van der Waals surface area contributed by atoms with Gasteiger partial charge in [0.05, 0.1) is 11.3 Å². The average molecular weight is 263 g/mol. The Labute approximate surface area is 108 Å². The number of aryl methyl sites for hydroxylation is 1. The summed E-state index contributed by atoms with van der Waals surface area (Å²) in [5, 5.41) is 2.52. The summed E-state index contributed by atoms with van der Waals surface area (Å²) >= 11 is 0. The summed E-state index contributed by atoms with van der Waals surface area (Å²) in [6, 6.07) is 3.14. The molecule has 1 amide bonds. The lowest BCUT2D eigenvalue weighted by Gasteiger charge is -2.09. The number of hydrogen-bond donors (Lipinski definition) is 2. The van der Waals surface area contributed by atoms with Gasteiger partial charge in [-0.3, -0.25) is 9.78 Å². The number of nitrogens with two attached hydrogens (primary N) is 1. The highest BCUT2D eigenvalue weighted by Gasteiger charge is 2.15. The van der Waals surface area contributed by atoms with Crippen LogP contribution in [0.4, 0.5) is 20.2 Å². The van der Waals surface area contributed by atoms with Crippen LogP contribution in [0.25, 0.3) is 0 Å². The van der Waals surface area contributed by atoms with E-state index in [0.717, 1.165) is 11.6 Å². The van der Waals surface area contributed by atoms with Crippen LogP contribution in [0.15, 0.2) is 30.6 Å². The Bertz CT molecular complexity index is 644. The molecule has 4 nitrogen and oxygen atoms in total. The zero-order valence-electron chi connectivity index (χ0n) is 10.1. The second-order valence-corrected chi connectivity index (χ2v) is 4.00. The number of carbonyl (C=O) groups excluding carboxylic acids is 1. The Balaban J connectivity index is 2.31. The third kappa shape index (κ3) is 2.67. The predicted octanol–water partition coefficient (Wildman–Crippen LogP) is 2.50. The van der Waals surface area contributed by atoms with Crippen LogP contribution in [0.5, 0.6) is 0 Å². The lowest BCUT2D eigenvalue weighted by Crippen LogP contribution is -2.15. The molecule has 1 heterocycles. The minimum Gasteiger partial charge on any atom is -0.396 e. The van der Waals surface area contributed by atoms with E-state index in [2.05, 4.69) is 10.3 Å². The van der Waals surface area contributed by atoms with E-state index >= 15 is 0 Å². The molecule has 2 rings (SSSR count). The van der Waals surface area contributed by atoms with Gasteiger partial charge in [-0.05, 0) is 24.6 Å². The number of nitrogens with zero attached hydrogens (tertiary/aromatic N) is 1. The molecule has 19 heavy (non-hydrogen) atoms. The molecule has 6 heteroatoms. The van der Waals surface area contributed by atoms with Gasteiger partial charge in [-0.1, -0.05) is 0 Å². The zero-order valence-corrected chi connectivity index (χ0v) is 10.1. The van der Waals surface area contributed by atoms with E-state index in [1.165, 1.54) is 6.20 Å². The van der Waals surface area contributed by atoms with Crippen molar-refractivity contribution in [1.29, 1.82) is 0 Å². The smallest absolute Gasteiger partial charge is 0.258 e. The first-order chi connectivity index (χ1) is 8.99. The number of benzene rings is 1. The average Bonchev–Trinajstić information content (AvgIpc) is 2.36. The number of aromatic nitrogens is 1. The molecule has 0 spiro atoms. The molecule has 0 aliphatic carbocycles. The van der Waals surface area contributed by atoms with Crippen molar-refractivity contribution in [2.24, 2.45) is 0 Å². The quantitative estimate of drug-likeness (QED) is 0.818. The minimum atomic E-state index is -0.962. The third-order valence-electron chi connectivity index (χ3n) is 2.60. The second kappa shape index (κ2) is 5.01. The summed E-state index contributed by atoms with van der Waals surface area (Å²) in [6.45, 7) is 1.75. The second-order valence-electron chi connectivity index (χ2n) is 4.00. The van der Waals surface area contributed by atoms with Crippen LogP contribution in [0.1, 0.15) is 15.9 Å². The Morgan fingerprint density at radius 1 is 1.32 bits per heavy atom. The number of nitrogen functional groups attached to an aromatic ring is 1. The molecular formula is C13H11F2N3O. The van der Waals surface area contributed by atoms with E-state index in [1.807, 2.05) is 0 Å². The van der Waals surface area contributed by atoms with Crippen molar-refractivity contribution < 1.29 is 13.6 Å². The van der Waals surface area contributed by atoms with E-state index in [0.29, 0.717) is 11.8 Å². The van der Waals surface area contributed by atoms with Gasteiger partial charge in [0.15, 0.2) is 0 Å². The third-order valence-corrected chi connectivity index (χ3v) is 2.60. The van der Waals surface area contributed by atoms with Crippen molar-refractivity contribution in [3.05, 3.63) is 53.4 Å². The molecule has 98 valence electrons. The van der Waals surface area contributed by atoms with Crippen LogP contribution in [0, 0.1) is 18.6 Å². The maximum atomic E-state index is 13.5. The number of amides is 1. The first kappa shape index (κ1) is 12.9. The number of nitrogens with one attached hydrogen (secondary N) is 1. The van der Waals surface area contributed by atoms with Gasteiger partial charge in [0, 0.05) is 24.1 Å². The van der Waals surface area contributed by atoms with Crippen molar-refractivity contribution in [3.63, 3.8) is 0 Å². The number of halogens is 2. The topological polar surface area (TPSA) is 68.0 Å². The fraction of sp³-hybridized carbons (Fsp3) is 0.0769. The van der Waals surface area contributed by atoms with E-state index in [-0.39, 0.29) is 11.3 Å². The fourth-order valence-corrected chi connectivity index (χ4v) is 1.54. The molecule has 0 bridgehead atoms. The monoisotopic (exact) mass is 263 g/mol. The van der Waals surface area contributed by atoms with Crippen LogP contribution in [0.3, 0.4) is 0 Å². The maximum absolute atomic E-state index is 13.5. The molecule has 3 N–H and O–H groups in total. The van der Waals surface area contributed by atoms with Crippen molar-refractivity contribution in [3.8, 4) is 0 Å². The molecule has 0 aliphatic heterocycles. The normalized spacial score (nSPS) is 10.3. The van der Waals surface area contributed by atoms with Gasteiger partial charge < -0.3 is 11.1 Å². The van der Waals surface area contributed by atoms with E-state index in [9.17, 15) is 13.6 Å². The van der Waals surface area contributed by atoms with Gasteiger partial charge in [-0.2, -0.15) is 0 Å². The first-order valence-corrected chi connectivity index (χ1v) is 5.45. The van der Waals surface area contributed by atoms with Crippen LogP contribution < -0.4 is 11.1 Å². The van der Waals surface area contributed by atoms with E-state index in [4.69, 9.17) is 5.73 Å². The van der Waals surface area contributed by atoms with Gasteiger partial charge in [0.1, 0.15) is 11.6 Å². The zero-order chi connectivity index (χ0) is 14.0. The Hall–Kier alpha value is -2.50. The van der Waals surface area contributed by atoms with Crippen LogP contribution in [0.2, 0.25) is 0 Å². The lowest BCUT2D eigenvalue weighted by atomic mass is 10.1. The number of carbonyl (C=O) groups is 1. The summed E-state index contributed by atoms with van der Waals surface area (Å²) in [5.74, 6) is -2.55. The Kier molecular flexibility index (Phi) is 3.41. The van der Waals surface area contributed by atoms with Gasteiger partial charge in [-0.25, -0.2) is 8.78 Å². The summed E-state index contributed by atoms with van der Waals surface area (Å²) in [4.78, 5) is 15.8. The van der Waals surface area contributed by atoms with Crippen molar-refractivity contribution in [1.82, 2.24) is 4.98 Å². The number of anilines is 2. The molecule has 0 radical (unpaired) electrons. The molecule has 0 aliphatic rings. The van der Waals surface area contributed by atoms with Crippen molar-refractivity contribution in [2.75, 3.05) is 11.1 Å². The van der Waals surface area contributed by atoms with Gasteiger partial charge >= 0.3 is 0 Å². The predicted molar refractivity (Wildman–Crippen MR) is 67.7 cm³/mol. The van der Waals surface area contributed by atoms with Crippen molar-refractivity contribution in [2.45, 2.75) is 6.92 Å². The van der Waals surface area contributed by atoms with E-state index < -0.39 is 17.5 Å². The Morgan fingerprint density at radius 2 is 2.05 bits per heavy atom. The summed E-state index contributed by atoms with van der Waals surface area (Å²) < 4.78 is 26.5. The number of pyridine rings is 1. The molecule has 1 aromatic carbocycles. The lowest BCUT2D eigenvalue weighted by molar-refractivity contribution is 0.102. The van der Waals surface area contributed by atoms with Gasteiger partial charge in [-0.15, -0.1) is 0 Å². The van der Waals surface area contributed by atoms with Gasteiger partial charge in [0.2, 0.25) is 0 Å². The summed E-state index contributed by atoms with van der Waals surface area (Å²) in [6.07, 6.45) is 3.06. The highest BCUT2D eigenvalue weighted by Crippen LogP contribution is 2.19. The molecule has 0 unspecified atom stereocenters. The van der Waals surface area contributed by atoms with E-state index in [1.54, 1.807) is 19.2 Å². The molecular weight excluding hydrogens is 252 g/mol. The number of rotatable bonds is 2. The summed E-state index contributed by atoms with van der Waals surface area (Å²) in [5.41, 5.74) is 5.96. The largest absolute Gasteiger partial charge is 0.396 e. The molecule has 0 saturated carbocycles. The number of hydrogen-bond acceptors (Lipinski definition) is 3. The SMILES string of the molecule is Cc1cnccc1NC(=O)c1cc(N)c(F)cc1F. The first-order valence-electron chi connectivity index (χ1n) is 5.45. The highest BCUT2D eigenvalue weighted by molar-refractivity contribution is 6.05. The summed E-state index contributed by atoms with van der Waals surface area (Å²) in [7, 11) is 0. The van der Waals surface area contributed by atoms with Crippen LogP contribution in [-0.4, -0.2) is 10.9 Å². The Morgan fingerprint density at radius 3 is 2.74 bits per heavy atom. The van der Waals surface area contributed by atoms with Gasteiger partial charge in [0.25, 0.3) is 5.91 Å². The maximum Gasteiger partial charge on any atom is 0.258 e. The minimum absolute atomic E-state index is 0.280. The standard InChI is InChI=1S/C13H11F2N3O/c1-7-6-17-3-2-12(7)18-13(19)8-4-11(16)10(15)5-9(8)14/h2-6H,16H2,1H3,(H,17,18,19). The molecule has 1 aromatic heterocycles. The molecule has 0 saturated heterocycles. The fourth-order valence-electron chi connectivity index (χ4n) is 1.54. The van der Waals surface area contributed by atoms with Crippen molar-refractivity contribution >= 4 is 17.3 Å². The molecule has 0 fully saturated rings. The van der Waals surface area contributed by atoms with Crippen LogP contribution >= 0.6 is 0 Å². The molecule has 2 aromatic rings. The molecule has 0 atom stereocenters.